The van der Waals surface area contributed by atoms with E-state index in [0.717, 1.165) is 31.6 Å². The first kappa shape index (κ1) is 14.6. The van der Waals surface area contributed by atoms with E-state index in [1.165, 1.54) is 12.8 Å². The summed E-state index contributed by atoms with van der Waals surface area (Å²) in [4.78, 5) is 13.1. The number of furan rings is 1. The lowest BCUT2D eigenvalue weighted by Gasteiger charge is -2.14. The van der Waals surface area contributed by atoms with Crippen molar-refractivity contribution in [1.29, 1.82) is 0 Å². The maximum absolute atomic E-state index is 12.0. The minimum Gasteiger partial charge on any atom is -0.475 e. The van der Waals surface area contributed by atoms with Crippen molar-refractivity contribution in [2.24, 2.45) is 5.92 Å². The van der Waals surface area contributed by atoms with Gasteiger partial charge in [0, 0.05) is 19.1 Å². The summed E-state index contributed by atoms with van der Waals surface area (Å²) in [5.41, 5.74) is 0. The number of sulfonamides is 1. The molecule has 2 N–H and O–H groups in total. The van der Waals surface area contributed by atoms with Gasteiger partial charge >= 0.3 is 5.97 Å². The average Bonchev–Trinajstić information content (AvgIpc) is 2.98. The van der Waals surface area contributed by atoms with Crippen LogP contribution in [0.2, 0.25) is 0 Å². The van der Waals surface area contributed by atoms with Gasteiger partial charge in [-0.15, -0.1) is 0 Å². The van der Waals surface area contributed by atoms with Crippen molar-refractivity contribution in [3.05, 3.63) is 17.9 Å². The minimum absolute atomic E-state index is 0.300. The second kappa shape index (κ2) is 5.43. The van der Waals surface area contributed by atoms with Gasteiger partial charge in [-0.1, -0.05) is 0 Å². The number of carboxylic acids is 1. The van der Waals surface area contributed by atoms with E-state index in [1.54, 1.807) is 0 Å². The summed E-state index contributed by atoms with van der Waals surface area (Å²) in [7, 11) is -3.78. The van der Waals surface area contributed by atoms with Gasteiger partial charge in [-0.05, 0) is 43.9 Å². The van der Waals surface area contributed by atoms with Crippen LogP contribution in [-0.2, 0) is 10.0 Å². The summed E-state index contributed by atoms with van der Waals surface area (Å²) in [6.07, 6.45) is 3.49. The Morgan fingerprint density at radius 1 is 1.38 bits per heavy atom. The third-order valence-electron chi connectivity index (χ3n) is 4.00. The quantitative estimate of drug-likeness (QED) is 0.803. The molecule has 1 atom stereocenters. The number of likely N-dealkylation sites (tertiary alicyclic amines) is 1. The third kappa shape index (κ3) is 3.28. The molecule has 1 aromatic rings. The van der Waals surface area contributed by atoms with Crippen LogP contribution in [0.1, 0.15) is 29.8 Å². The maximum Gasteiger partial charge on any atom is 0.371 e. The molecule has 1 unspecified atom stereocenters. The topological polar surface area (TPSA) is 99.8 Å². The van der Waals surface area contributed by atoms with Crippen molar-refractivity contribution < 1.29 is 22.7 Å². The van der Waals surface area contributed by atoms with Crippen molar-refractivity contribution in [2.75, 3.05) is 19.6 Å². The molecule has 0 radical (unpaired) electrons. The second-order valence-electron chi connectivity index (χ2n) is 5.66. The highest BCUT2D eigenvalue weighted by Crippen LogP contribution is 2.31. The van der Waals surface area contributed by atoms with E-state index < -0.39 is 16.0 Å². The van der Waals surface area contributed by atoms with Crippen molar-refractivity contribution in [1.82, 2.24) is 9.62 Å². The number of carboxylic acid groups (broad SMARTS) is 1. The fourth-order valence-electron chi connectivity index (χ4n) is 2.68. The van der Waals surface area contributed by atoms with E-state index in [-0.39, 0.29) is 10.9 Å². The Kier molecular flexibility index (Phi) is 3.76. The van der Waals surface area contributed by atoms with Gasteiger partial charge in [0.2, 0.25) is 10.9 Å². The lowest BCUT2D eigenvalue weighted by atomic mass is 10.1. The highest BCUT2D eigenvalue weighted by Gasteiger charge is 2.34. The van der Waals surface area contributed by atoms with Crippen molar-refractivity contribution in [2.45, 2.75) is 30.4 Å². The van der Waals surface area contributed by atoms with Crippen LogP contribution in [0.15, 0.2) is 21.6 Å². The van der Waals surface area contributed by atoms with Crippen LogP contribution in [-0.4, -0.2) is 50.1 Å². The van der Waals surface area contributed by atoms with Crippen LogP contribution >= 0.6 is 0 Å². The molecule has 8 heteroatoms. The second-order valence-corrected chi connectivity index (χ2v) is 7.35. The van der Waals surface area contributed by atoms with Gasteiger partial charge in [-0.2, -0.15) is 0 Å². The van der Waals surface area contributed by atoms with E-state index in [4.69, 9.17) is 9.52 Å². The molecule has 0 amide bonds. The molecule has 2 fully saturated rings. The number of aromatic carboxylic acids is 1. The Labute approximate surface area is 123 Å². The molecule has 1 saturated heterocycles. The number of nitrogens with one attached hydrogen (secondary N) is 1. The first-order valence-electron chi connectivity index (χ1n) is 7.02. The molecule has 2 heterocycles. The smallest absolute Gasteiger partial charge is 0.371 e. The van der Waals surface area contributed by atoms with Crippen molar-refractivity contribution in [3.8, 4) is 0 Å². The number of carbonyl (C=O) groups is 1. The van der Waals surface area contributed by atoms with Crippen LogP contribution in [0, 0.1) is 5.92 Å². The van der Waals surface area contributed by atoms with Gasteiger partial charge in [-0.3, -0.25) is 0 Å². The van der Waals surface area contributed by atoms with Gasteiger partial charge in [0.15, 0.2) is 0 Å². The summed E-state index contributed by atoms with van der Waals surface area (Å²) in [5, 5.41) is 8.39. The highest BCUT2D eigenvalue weighted by molar-refractivity contribution is 7.89. The van der Waals surface area contributed by atoms with E-state index >= 15 is 0 Å². The molecule has 0 aromatic carbocycles. The molecule has 2 aliphatic rings. The van der Waals surface area contributed by atoms with Crippen LogP contribution in [0.25, 0.3) is 0 Å². The zero-order valence-corrected chi connectivity index (χ0v) is 12.3. The van der Waals surface area contributed by atoms with Gasteiger partial charge in [-0.25, -0.2) is 17.9 Å². The Morgan fingerprint density at radius 2 is 2.14 bits per heavy atom. The average molecular weight is 314 g/mol. The lowest BCUT2D eigenvalue weighted by molar-refractivity contribution is 0.0656. The van der Waals surface area contributed by atoms with E-state index in [1.807, 2.05) is 0 Å². The molecule has 7 nitrogen and oxygen atoms in total. The number of hydrogen-bond acceptors (Lipinski definition) is 5. The van der Waals surface area contributed by atoms with Crippen LogP contribution in [0.3, 0.4) is 0 Å². The Bertz CT molecular complexity index is 635. The normalized spacial score (nSPS) is 23.5. The third-order valence-corrected chi connectivity index (χ3v) is 5.30. The molecule has 1 aliphatic heterocycles. The zero-order chi connectivity index (χ0) is 15.0. The monoisotopic (exact) mass is 314 g/mol. The van der Waals surface area contributed by atoms with E-state index in [0.29, 0.717) is 18.5 Å². The number of nitrogens with zero attached hydrogens (tertiary/aromatic N) is 1. The van der Waals surface area contributed by atoms with Crippen LogP contribution in [0.4, 0.5) is 0 Å². The molecule has 0 bridgehead atoms. The molecular formula is C13H18N2O5S. The summed E-state index contributed by atoms with van der Waals surface area (Å²) in [6.45, 7) is 2.31. The summed E-state index contributed by atoms with van der Waals surface area (Å²) in [5.74, 6) is -1.36. The van der Waals surface area contributed by atoms with Gasteiger partial charge in [0.1, 0.15) is 0 Å². The lowest BCUT2D eigenvalue weighted by Crippen LogP contribution is -2.31. The minimum atomic E-state index is -3.78. The first-order valence-corrected chi connectivity index (χ1v) is 8.51. The van der Waals surface area contributed by atoms with Gasteiger partial charge in [0.05, 0.1) is 0 Å². The molecule has 1 saturated carbocycles. The molecule has 21 heavy (non-hydrogen) atoms. The van der Waals surface area contributed by atoms with Gasteiger partial charge < -0.3 is 14.4 Å². The van der Waals surface area contributed by atoms with Crippen LogP contribution < -0.4 is 4.72 Å². The molecule has 0 spiro atoms. The Hall–Kier alpha value is -1.38. The Balaban J connectivity index is 1.57. The van der Waals surface area contributed by atoms with Crippen LogP contribution in [0.5, 0.6) is 0 Å². The van der Waals surface area contributed by atoms with Gasteiger partial charge in [0.25, 0.3) is 10.0 Å². The van der Waals surface area contributed by atoms with Crippen molar-refractivity contribution in [3.63, 3.8) is 0 Å². The molecule has 1 aromatic heterocycles. The molecular weight excluding hydrogens is 296 g/mol. The van der Waals surface area contributed by atoms with E-state index in [2.05, 4.69) is 9.62 Å². The largest absolute Gasteiger partial charge is 0.475 e. The predicted molar refractivity (Wildman–Crippen MR) is 73.6 cm³/mol. The summed E-state index contributed by atoms with van der Waals surface area (Å²) in [6, 6.07) is 3.01. The predicted octanol–water partition coefficient (Wildman–Crippen LogP) is 0.740. The summed E-state index contributed by atoms with van der Waals surface area (Å²) < 4.78 is 31.4. The summed E-state index contributed by atoms with van der Waals surface area (Å²) >= 11 is 0. The molecule has 1 aliphatic carbocycles. The standard InChI is InChI=1S/C13H18N2O5S/c16-13(17)11-3-4-12(20-11)21(18,19)14-7-9-5-6-15(8-9)10-1-2-10/h3-4,9-10,14H,1-2,5-8H2,(H,16,17). The maximum atomic E-state index is 12.0. The zero-order valence-electron chi connectivity index (χ0n) is 11.5. The fourth-order valence-corrected chi connectivity index (χ4v) is 3.72. The molecule has 116 valence electrons. The number of rotatable bonds is 6. The fraction of sp³-hybridized carbons (Fsp3) is 0.615. The number of hydrogen-bond donors (Lipinski definition) is 2. The SMILES string of the molecule is O=C(O)c1ccc(S(=O)(=O)NCC2CCN(C3CC3)C2)o1. The Morgan fingerprint density at radius 3 is 2.76 bits per heavy atom. The van der Waals surface area contributed by atoms with Crippen molar-refractivity contribution >= 4 is 16.0 Å². The molecule has 3 rings (SSSR count). The highest BCUT2D eigenvalue weighted by atomic mass is 32.2. The first-order chi connectivity index (χ1) is 9.95. The van der Waals surface area contributed by atoms with E-state index in [9.17, 15) is 13.2 Å².